The van der Waals surface area contributed by atoms with E-state index in [1.54, 1.807) is 0 Å². The molecule has 0 aliphatic heterocycles. The second-order valence-electron chi connectivity index (χ2n) is 6.89. The van der Waals surface area contributed by atoms with Crippen molar-refractivity contribution in [2.24, 2.45) is 0 Å². The molecule has 6 heteroatoms. The zero-order valence-electron chi connectivity index (χ0n) is 16.9. The van der Waals surface area contributed by atoms with Crippen LogP contribution in [0.15, 0.2) is 84.9 Å². The van der Waals surface area contributed by atoms with Gasteiger partial charge in [-0.3, -0.25) is 4.79 Å². The number of hydrogen-bond acceptors (Lipinski definition) is 4. The summed E-state index contributed by atoms with van der Waals surface area (Å²) in [6.45, 7) is 1.39. The van der Waals surface area contributed by atoms with E-state index in [4.69, 9.17) is 16.5 Å². The molecule has 1 unspecified atom stereocenters. The lowest BCUT2D eigenvalue weighted by Gasteiger charge is -2.27. The van der Waals surface area contributed by atoms with Crippen molar-refractivity contribution in [2.75, 3.05) is 7.11 Å². The molecule has 1 N–H and O–H groups in total. The summed E-state index contributed by atoms with van der Waals surface area (Å²) >= 11 is 6.43. The van der Waals surface area contributed by atoms with Gasteiger partial charge in [-0.2, -0.15) is 0 Å². The first-order valence-corrected chi connectivity index (χ1v) is 12.4. The molecule has 1 amide bonds. The number of amides is 1. The number of carbonyl (C=O) groups is 2. The van der Waals surface area contributed by atoms with Crippen LogP contribution in [0.25, 0.3) is 0 Å². The van der Waals surface area contributed by atoms with Gasteiger partial charge in [-0.15, -0.1) is 0 Å². The molecule has 3 rings (SSSR count). The van der Waals surface area contributed by atoms with Crippen molar-refractivity contribution in [3.05, 3.63) is 90.5 Å². The van der Waals surface area contributed by atoms with E-state index in [0.717, 1.165) is 21.5 Å². The average molecular weight is 438 g/mol. The number of hydrogen-bond donors (Lipinski definition) is 1. The normalized spacial score (nSPS) is 12.1. The molecule has 0 spiro atoms. The Kier molecular flexibility index (Phi) is 7.20. The minimum atomic E-state index is -2.37. The number of benzene rings is 3. The van der Waals surface area contributed by atoms with Gasteiger partial charge < -0.3 is 10.1 Å². The molecule has 154 valence electrons. The first-order chi connectivity index (χ1) is 14.5. The Morgan fingerprint density at radius 1 is 0.900 bits per heavy atom. The Labute approximate surface area is 182 Å². The van der Waals surface area contributed by atoms with E-state index >= 15 is 0 Å². The number of nitrogens with one attached hydrogen (secondary N) is 1. The van der Waals surface area contributed by atoms with E-state index in [2.05, 4.69) is 29.6 Å². The molecule has 1 atom stereocenters. The van der Waals surface area contributed by atoms with Crippen LogP contribution in [0.5, 0.6) is 0 Å². The molecular weight excluding hydrogens is 413 g/mol. The molecule has 0 aliphatic rings. The molecular formula is C24H24NO3PS. The van der Waals surface area contributed by atoms with Gasteiger partial charge in [-0.05, 0) is 21.5 Å². The zero-order valence-corrected chi connectivity index (χ0v) is 18.7. The third-order valence-electron chi connectivity index (χ3n) is 4.86. The molecule has 0 saturated carbocycles. The highest BCUT2D eigenvalue weighted by Crippen LogP contribution is 2.43. The fourth-order valence-electron chi connectivity index (χ4n) is 3.49. The van der Waals surface area contributed by atoms with Gasteiger partial charge in [0.2, 0.25) is 5.91 Å². The number of esters is 1. The molecule has 30 heavy (non-hydrogen) atoms. The summed E-state index contributed by atoms with van der Waals surface area (Å²) in [7, 11) is 1.32. The Bertz CT molecular complexity index is 1030. The molecule has 0 heterocycles. The van der Waals surface area contributed by atoms with Gasteiger partial charge in [-0.25, -0.2) is 4.79 Å². The van der Waals surface area contributed by atoms with Crippen molar-refractivity contribution in [1.82, 2.24) is 5.32 Å². The van der Waals surface area contributed by atoms with Crippen molar-refractivity contribution >= 4 is 45.6 Å². The Morgan fingerprint density at radius 2 is 1.40 bits per heavy atom. The second-order valence-corrected chi connectivity index (χ2v) is 11.3. The van der Waals surface area contributed by atoms with E-state index in [1.807, 2.05) is 60.7 Å². The molecule has 0 saturated heterocycles. The van der Waals surface area contributed by atoms with Gasteiger partial charge in [0.1, 0.15) is 6.04 Å². The number of carbonyl (C=O) groups excluding carboxylic acids is 2. The van der Waals surface area contributed by atoms with Gasteiger partial charge in [0.25, 0.3) is 0 Å². The lowest BCUT2D eigenvalue weighted by molar-refractivity contribution is -0.144. The standard InChI is InChI=1S/C24H24NO3PS/c1-18(26)25-22(24(27)28-2)17-19-11-9-10-16-23(19)29(30,20-12-5-3-6-13-20)21-14-7-4-8-15-21/h3-16,22H,17H2,1-2H3,(H,25,26). The van der Waals surface area contributed by atoms with Crippen molar-refractivity contribution < 1.29 is 14.3 Å². The SMILES string of the molecule is COC(=O)C(Cc1ccccc1P(=S)(c1ccccc1)c1ccccc1)NC(C)=O. The quantitative estimate of drug-likeness (QED) is 0.456. The van der Waals surface area contributed by atoms with Gasteiger partial charge >= 0.3 is 5.97 Å². The van der Waals surface area contributed by atoms with Crippen LogP contribution in [-0.4, -0.2) is 25.0 Å². The fraction of sp³-hybridized carbons (Fsp3) is 0.167. The summed E-state index contributed by atoms with van der Waals surface area (Å²) in [4.78, 5) is 24.0. The second kappa shape index (κ2) is 9.84. The Morgan fingerprint density at radius 3 is 1.90 bits per heavy atom. The van der Waals surface area contributed by atoms with Crippen LogP contribution in [0.4, 0.5) is 0 Å². The molecule has 0 fully saturated rings. The van der Waals surface area contributed by atoms with Crippen molar-refractivity contribution in [2.45, 2.75) is 19.4 Å². The maximum absolute atomic E-state index is 12.3. The van der Waals surface area contributed by atoms with Crippen LogP contribution in [0.2, 0.25) is 0 Å². The van der Waals surface area contributed by atoms with Crippen molar-refractivity contribution in [3.8, 4) is 0 Å². The maximum atomic E-state index is 12.3. The maximum Gasteiger partial charge on any atom is 0.328 e. The van der Waals surface area contributed by atoms with Crippen molar-refractivity contribution in [3.63, 3.8) is 0 Å². The Hall–Kier alpha value is -2.75. The van der Waals surface area contributed by atoms with Crippen LogP contribution >= 0.6 is 6.04 Å². The average Bonchev–Trinajstić information content (AvgIpc) is 2.79. The van der Waals surface area contributed by atoms with Gasteiger partial charge in [0.05, 0.1) is 7.11 Å². The lowest BCUT2D eigenvalue weighted by atomic mass is 10.1. The monoisotopic (exact) mass is 437 g/mol. The number of rotatable bonds is 7. The molecule has 0 radical (unpaired) electrons. The first-order valence-electron chi connectivity index (χ1n) is 9.61. The highest BCUT2D eigenvalue weighted by Gasteiger charge is 2.29. The fourth-order valence-corrected chi connectivity index (χ4v) is 7.66. The third kappa shape index (κ3) is 4.69. The topological polar surface area (TPSA) is 55.4 Å². The zero-order chi connectivity index (χ0) is 21.6. The molecule has 0 aromatic heterocycles. The summed E-state index contributed by atoms with van der Waals surface area (Å²) in [6, 6.07) is 25.0. The third-order valence-corrected chi connectivity index (χ3v) is 9.88. The number of methoxy groups -OCH3 is 1. The summed E-state index contributed by atoms with van der Waals surface area (Å²) < 4.78 is 4.91. The highest BCUT2D eigenvalue weighted by molar-refractivity contribution is 8.25. The van der Waals surface area contributed by atoms with Crippen LogP contribution in [0, 0.1) is 0 Å². The highest BCUT2D eigenvalue weighted by atomic mass is 32.4. The minimum absolute atomic E-state index is 0.284. The van der Waals surface area contributed by atoms with E-state index in [1.165, 1.54) is 14.0 Å². The summed E-state index contributed by atoms with van der Waals surface area (Å²) in [6.07, 6.45) is 0.306. The largest absolute Gasteiger partial charge is 0.467 e. The molecule has 3 aromatic rings. The molecule has 0 aliphatic carbocycles. The van der Waals surface area contributed by atoms with Gasteiger partial charge in [-0.1, -0.05) is 96.7 Å². The van der Waals surface area contributed by atoms with E-state index in [9.17, 15) is 9.59 Å². The summed E-state index contributed by atoms with van der Waals surface area (Å²) in [5.41, 5.74) is 0.928. The van der Waals surface area contributed by atoms with Crippen LogP contribution in [0.1, 0.15) is 12.5 Å². The van der Waals surface area contributed by atoms with Crippen molar-refractivity contribution in [1.29, 1.82) is 0 Å². The van der Waals surface area contributed by atoms with Crippen LogP contribution < -0.4 is 21.2 Å². The van der Waals surface area contributed by atoms with Crippen LogP contribution in [0.3, 0.4) is 0 Å². The van der Waals surface area contributed by atoms with Gasteiger partial charge in [0, 0.05) is 19.4 Å². The summed E-state index contributed by atoms with van der Waals surface area (Å²) in [5, 5.41) is 5.87. The van der Waals surface area contributed by atoms with Gasteiger partial charge in [0.15, 0.2) is 0 Å². The molecule has 0 bridgehead atoms. The van der Waals surface area contributed by atoms with E-state index in [-0.39, 0.29) is 5.91 Å². The Balaban J connectivity index is 2.16. The first kappa shape index (κ1) is 21.9. The predicted molar refractivity (Wildman–Crippen MR) is 126 cm³/mol. The molecule has 3 aromatic carbocycles. The lowest BCUT2D eigenvalue weighted by Crippen LogP contribution is -2.43. The van der Waals surface area contributed by atoms with E-state index < -0.39 is 18.0 Å². The van der Waals surface area contributed by atoms with Crippen LogP contribution in [-0.2, 0) is 32.6 Å². The van der Waals surface area contributed by atoms with E-state index in [0.29, 0.717) is 6.42 Å². The minimum Gasteiger partial charge on any atom is -0.467 e. The smallest absolute Gasteiger partial charge is 0.328 e. The summed E-state index contributed by atoms with van der Waals surface area (Å²) in [5.74, 6) is -0.763. The molecule has 4 nitrogen and oxygen atoms in total. The predicted octanol–water partition coefficient (Wildman–Crippen LogP) is 2.66. The number of ether oxygens (including phenoxy) is 1.